The molecule has 9 heteroatoms. The SMILES string of the molecule is COC(=O)/C=C(\C(=O)OC)N(C(C#Cc1ccc(Cl)cc1)c1ccccc1)S(=O)(=O)c1ccc(C)cc1. The predicted molar refractivity (Wildman–Crippen MR) is 140 cm³/mol. The van der Waals surface area contributed by atoms with Gasteiger partial charge in [0.1, 0.15) is 11.7 Å². The molecule has 0 radical (unpaired) electrons. The molecule has 0 heterocycles. The van der Waals surface area contributed by atoms with Crippen LogP contribution in [0.1, 0.15) is 22.7 Å². The average Bonchev–Trinajstić information content (AvgIpc) is 2.91. The van der Waals surface area contributed by atoms with Crippen LogP contribution in [-0.4, -0.2) is 38.9 Å². The molecular weight excluding hydrogens is 514 g/mol. The van der Waals surface area contributed by atoms with E-state index in [1.165, 1.54) is 12.1 Å². The van der Waals surface area contributed by atoms with Gasteiger partial charge in [0, 0.05) is 10.6 Å². The van der Waals surface area contributed by atoms with E-state index in [0.717, 1.165) is 30.2 Å². The zero-order valence-corrected chi connectivity index (χ0v) is 21.9. The zero-order chi connectivity index (χ0) is 27.0. The van der Waals surface area contributed by atoms with Crippen LogP contribution < -0.4 is 0 Å². The third kappa shape index (κ3) is 6.79. The van der Waals surface area contributed by atoms with E-state index < -0.39 is 33.7 Å². The van der Waals surface area contributed by atoms with Gasteiger partial charge in [-0.2, -0.15) is 0 Å². The highest BCUT2D eigenvalue weighted by Gasteiger charge is 2.37. The molecular formula is C28H24ClNO6S. The first-order valence-corrected chi connectivity index (χ1v) is 12.8. The van der Waals surface area contributed by atoms with E-state index in [0.29, 0.717) is 16.1 Å². The highest BCUT2D eigenvalue weighted by atomic mass is 35.5. The minimum Gasteiger partial charge on any atom is -0.466 e. The smallest absolute Gasteiger partial charge is 0.355 e. The van der Waals surface area contributed by atoms with Crippen LogP contribution in [0.25, 0.3) is 0 Å². The Balaban J connectivity index is 2.34. The third-order valence-electron chi connectivity index (χ3n) is 5.21. The minimum absolute atomic E-state index is 0.105. The van der Waals surface area contributed by atoms with Crippen molar-refractivity contribution in [2.24, 2.45) is 0 Å². The van der Waals surface area contributed by atoms with Crippen molar-refractivity contribution in [2.45, 2.75) is 17.9 Å². The molecule has 37 heavy (non-hydrogen) atoms. The largest absolute Gasteiger partial charge is 0.466 e. The van der Waals surface area contributed by atoms with Crippen LogP contribution in [0, 0.1) is 18.8 Å². The standard InChI is InChI=1S/C28H24ClNO6S/c1-20-9-16-24(17-10-20)37(33,34)30(26(28(32)36-3)19-27(31)35-2)25(22-7-5-4-6-8-22)18-13-21-11-14-23(29)15-12-21/h4-12,14-17,19,25H,1-3H3/b26-19+. The Kier molecular flexibility index (Phi) is 9.12. The predicted octanol–water partition coefficient (Wildman–Crippen LogP) is 4.66. The van der Waals surface area contributed by atoms with Gasteiger partial charge in [0.05, 0.1) is 25.2 Å². The van der Waals surface area contributed by atoms with E-state index in [2.05, 4.69) is 11.8 Å². The molecule has 1 atom stereocenters. The summed E-state index contributed by atoms with van der Waals surface area (Å²) in [5.74, 6) is 3.91. The number of benzene rings is 3. The molecule has 0 aromatic heterocycles. The Hall–Kier alpha value is -4.06. The summed E-state index contributed by atoms with van der Waals surface area (Å²) in [7, 11) is -2.25. The molecule has 3 rings (SSSR count). The quantitative estimate of drug-likeness (QED) is 0.247. The van der Waals surface area contributed by atoms with Gasteiger partial charge in [0.15, 0.2) is 0 Å². The van der Waals surface area contributed by atoms with Gasteiger partial charge in [-0.15, -0.1) is 0 Å². The van der Waals surface area contributed by atoms with Crippen molar-refractivity contribution in [3.05, 3.63) is 112 Å². The summed E-state index contributed by atoms with van der Waals surface area (Å²) in [4.78, 5) is 25.1. The van der Waals surface area contributed by atoms with Crippen molar-refractivity contribution in [2.75, 3.05) is 14.2 Å². The van der Waals surface area contributed by atoms with E-state index in [9.17, 15) is 18.0 Å². The maximum absolute atomic E-state index is 14.1. The van der Waals surface area contributed by atoms with Crippen LogP contribution >= 0.6 is 11.6 Å². The fraction of sp³-hybridized carbons (Fsp3) is 0.143. The summed E-state index contributed by atoms with van der Waals surface area (Å²) < 4.78 is 38.5. The summed E-state index contributed by atoms with van der Waals surface area (Å²) in [6, 6.07) is 20.1. The molecule has 0 fully saturated rings. The first-order chi connectivity index (χ1) is 17.7. The molecule has 0 saturated heterocycles. The molecule has 0 amide bonds. The second-order valence-corrected chi connectivity index (χ2v) is 10.00. The van der Waals surface area contributed by atoms with E-state index in [4.69, 9.17) is 21.1 Å². The molecule has 3 aromatic rings. The van der Waals surface area contributed by atoms with Crippen molar-refractivity contribution in [3.63, 3.8) is 0 Å². The van der Waals surface area contributed by atoms with Crippen molar-refractivity contribution in [1.82, 2.24) is 4.31 Å². The normalized spacial score (nSPS) is 12.1. The number of sulfonamides is 1. The number of carbonyl (C=O) groups excluding carboxylic acids is 2. The second kappa shape index (κ2) is 12.3. The van der Waals surface area contributed by atoms with E-state index >= 15 is 0 Å². The molecule has 0 aliphatic heterocycles. The Labute approximate surface area is 221 Å². The summed E-state index contributed by atoms with van der Waals surface area (Å²) >= 11 is 5.98. The van der Waals surface area contributed by atoms with E-state index in [1.54, 1.807) is 66.7 Å². The van der Waals surface area contributed by atoms with Gasteiger partial charge in [0.2, 0.25) is 0 Å². The van der Waals surface area contributed by atoms with Crippen LogP contribution in [0.2, 0.25) is 5.02 Å². The monoisotopic (exact) mass is 537 g/mol. The van der Waals surface area contributed by atoms with Gasteiger partial charge in [-0.1, -0.05) is 71.5 Å². The first kappa shape index (κ1) is 27.5. The number of halogens is 1. The number of aryl methyl sites for hydroxylation is 1. The maximum atomic E-state index is 14.1. The maximum Gasteiger partial charge on any atom is 0.355 e. The van der Waals surface area contributed by atoms with Gasteiger partial charge >= 0.3 is 11.9 Å². The van der Waals surface area contributed by atoms with Crippen molar-refractivity contribution in [1.29, 1.82) is 0 Å². The van der Waals surface area contributed by atoms with Gasteiger partial charge in [-0.05, 0) is 48.9 Å². The molecule has 0 bridgehead atoms. The average molecular weight is 538 g/mol. The van der Waals surface area contributed by atoms with Gasteiger partial charge in [-0.3, -0.25) is 0 Å². The van der Waals surface area contributed by atoms with Gasteiger partial charge < -0.3 is 9.47 Å². The van der Waals surface area contributed by atoms with Crippen LogP contribution in [0.3, 0.4) is 0 Å². The topological polar surface area (TPSA) is 90.0 Å². The molecule has 190 valence electrons. The number of rotatable bonds is 7. The van der Waals surface area contributed by atoms with Crippen LogP contribution in [-0.2, 0) is 29.1 Å². The van der Waals surface area contributed by atoms with Crippen molar-refractivity contribution in [3.8, 4) is 11.8 Å². The molecule has 0 spiro atoms. The molecule has 0 N–H and O–H groups in total. The van der Waals surface area contributed by atoms with Crippen LogP contribution in [0.4, 0.5) is 0 Å². The Morgan fingerprint density at radius 2 is 1.54 bits per heavy atom. The molecule has 3 aromatic carbocycles. The number of nitrogens with zero attached hydrogens (tertiary/aromatic N) is 1. The molecule has 0 saturated carbocycles. The number of ether oxygens (including phenoxy) is 2. The van der Waals surface area contributed by atoms with Crippen LogP contribution in [0.5, 0.6) is 0 Å². The highest BCUT2D eigenvalue weighted by Crippen LogP contribution is 2.32. The minimum atomic E-state index is -4.45. The molecule has 0 aliphatic rings. The third-order valence-corrected chi connectivity index (χ3v) is 7.26. The summed E-state index contributed by atoms with van der Waals surface area (Å²) in [6.45, 7) is 1.82. The number of methoxy groups -OCH3 is 2. The first-order valence-electron chi connectivity index (χ1n) is 11.0. The highest BCUT2D eigenvalue weighted by molar-refractivity contribution is 7.89. The Morgan fingerprint density at radius 1 is 0.919 bits per heavy atom. The summed E-state index contributed by atoms with van der Waals surface area (Å²) in [5.41, 5.74) is 1.30. The lowest BCUT2D eigenvalue weighted by Gasteiger charge is -2.30. The summed E-state index contributed by atoms with van der Waals surface area (Å²) in [6.07, 6.45) is 0.775. The molecule has 1 unspecified atom stereocenters. The van der Waals surface area contributed by atoms with Gasteiger partial charge in [-0.25, -0.2) is 22.3 Å². The molecule has 7 nitrogen and oxygen atoms in total. The fourth-order valence-corrected chi connectivity index (χ4v) is 4.99. The lowest BCUT2D eigenvalue weighted by molar-refractivity contribution is -0.139. The fourth-order valence-electron chi connectivity index (χ4n) is 3.32. The van der Waals surface area contributed by atoms with E-state index in [1.807, 2.05) is 6.92 Å². The van der Waals surface area contributed by atoms with E-state index in [-0.39, 0.29) is 4.90 Å². The Bertz CT molecular complexity index is 1460. The lowest BCUT2D eigenvalue weighted by atomic mass is 10.1. The number of esters is 2. The van der Waals surface area contributed by atoms with Crippen molar-refractivity contribution < 1.29 is 27.5 Å². The van der Waals surface area contributed by atoms with Crippen molar-refractivity contribution >= 4 is 33.6 Å². The summed E-state index contributed by atoms with van der Waals surface area (Å²) in [5, 5.41) is 0.516. The number of carbonyl (C=O) groups is 2. The second-order valence-electron chi connectivity index (χ2n) is 7.75. The number of hydrogen-bond acceptors (Lipinski definition) is 6. The van der Waals surface area contributed by atoms with Crippen LogP contribution in [0.15, 0.2) is 95.5 Å². The number of hydrogen-bond donors (Lipinski definition) is 0. The van der Waals surface area contributed by atoms with Gasteiger partial charge in [0.25, 0.3) is 10.0 Å². The Morgan fingerprint density at radius 3 is 2.11 bits per heavy atom. The molecule has 0 aliphatic carbocycles. The lowest BCUT2D eigenvalue weighted by Crippen LogP contribution is -2.37. The zero-order valence-electron chi connectivity index (χ0n) is 20.3.